The van der Waals surface area contributed by atoms with Gasteiger partial charge in [0.05, 0.1) is 17.9 Å². The average molecular weight is 349 g/mol. The Kier molecular flexibility index (Phi) is 5.08. The molecule has 1 N–H and O–H groups in total. The van der Waals surface area contributed by atoms with Crippen LogP contribution in [0.15, 0.2) is 48.5 Å². The summed E-state index contributed by atoms with van der Waals surface area (Å²) >= 11 is 0. The number of halogens is 3. The zero-order valence-corrected chi connectivity index (χ0v) is 13.5. The molecule has 0 bridgehead atoms. The minimum absolute atomic E-state index is 0.246. The van der Waals surface area contributed by atoms with Crippen molar-refractivity contribution in [3.05, 3.63) is 65.2 Å². The van der Waals surface area contributed by atoms with Crippen molar-refractivity contribution < 1.29 is 22.7 Å². The first-order valence-corrected chi connectivity index (χ1v) is 8.10. The maximum absolute atomic E-state index is 13.0. The lowest BCUT2D eigenvalue weighted by molar-refractivity contribution is -0.136. The molecule has 1 atom stereocenters. The summed E-state index contributed by atoms with van der Waals surface area (Å²) in [6, 6.07) is 11.9. The fraction of sp³-hybridized carbons (Fsp3) is 0.316. The van der Waals surface area contributed by atoms with Gasteiger partial charge in [-0.2, -0.15) is 13.2 Å². The van der Waals surface area contributed by atoms with Gasteiger partial charge in [-0.1, -0.05) is 24.3 Å². The number of nitrogens with one attached hydrogen (secondary N) is 1. The molecule has 2 aromatic rings. The second-order valence-corrected chi connectivity index (χ2v) is 6.03. The van der Waals surface area contributed by atoms with Crippen molar-refractivity contribution in [3.63, 3.8) is 0 Å². The highest BCUT2D eigenvalue weighted by Gasteiger charge is 2.33. The molecule has 0 saturated carbocycles. The lowest BCUT2D eigenvalue weighted by atomic mass is 9.93. The largest absolute Gasteiger partial charge is 0.418 e. The Hall–Kier alpha value is -2.34. The first kappa shape index (κ1) is 17.5. The summed E-state index contributed by atoms with van der Waals surface area (Å²) in [5, 5.41) is 2.35. The topological polar surface area (TPSA) is 38.3 Å². The molecule has 25 heavy (non-hydrogen) atoms. The van der Waals surface area contributed by atoms with Gasteiger partial charge in [0.1, 0.15) is 0 Å². The number of rotatable bonds is 3. The van der Waals surface area contributed by atoms with Crippen molar-refractivity contribution in [1.82, 2.24) is 0 Å². The number of amides is 1. The predicted octanol–water partition coefficient (Wildman–Crippen LogP) is 4.85. The highest BCUT2D eigenvalue weighted by Crippen LogP contribution is 2.34. The highest BCUT2D eigenvalue weighted by molar-refractivity contribution is 6.04. The van der Waals surface area contributed by atoms with Crippen LogP contribution in [0.2, 0.25) is 0 Å². The van der Waals surface area contributed by atoms with Crippen molar-refractivity contribution in [3.8, 4) is 0 Å². The van der Waals surface area contributed by atoms with Crippen LogP contribution in [0.5, 0.6) is 0 Å². The number of carbonyl (C=O) groups excluding carboxylic acids is 1. The van der Waals surface area contributed by atoms with Crippen LogP contribution < -0.4 is 5.32 Å². The standard InChI is InChI=1S/C19H18F3NO2/c20-19(21,22)16-5-1-2-6-17(16)23-18(24)14-9-7-13(8-10-14)15-4-3-11-25-12-15/h1-2,5-10,15H,3-4,11-12H2,(H,23,24)/t15-/m0/s1. The summed E-state index contributed by atoms with van der Waals surface area (Å²) in [7, 11) is 0. The first-order chi connectivity index (χ1) is 11.9. The number of ether oxygens (including phenoxy) is 1. The molecular weight excluding hydrogens is 331 g/mol. The van der Waals surface area contributed by atoms with Crippen LogP contribution >= 0.6 is 0 Å². The number of carbonyl (C=O) groups is 1. The van der Waals surface area contributed by atoms with Crippen LogP contribution in [0.1, 0.15) is 40.2 Å². The van der Waals surface area contributed by atoms with Crippen LogP contribution in [0.25, 0.3) is 0 Å². The molecule has 1 aliphatic rings. The fourth-order valence-corrected chi connectivity index (χ4v) is 2.94. The van der Waals surface area contributed by atoms with E-state index in [4.69, 9.17) is 4.74 Å². The van der Waals surface area contributed by atoms with Crippen LogP contribution in [0.4, 0.5) is 18.9 Å². The van der Waals surface area contributed by atoms with Gasteiger partial charge in [0, 0.05) is 18.1 Å². The number of anilines is 1. The molecular formula is C19H18F3NO2. The summed E-state index contributed by atoms with van der Waals surface area (Å²) < 4.78 is 44.4. The summed E-state index contributed by atoms with van der Waals surface area (Å²) in [5.41, 5.74) is 0.286. The lowest BCUT2D eigenvalue weighted by Gasteiger charge is -2.22. The van der Waals surface area contributed by atoms with Gasteiger partial charge in [-0.3, -0.25) is 4.79 Å². The monoisotopic (exact) mass is 349 g/mol. The Morgan fingerprint density at radius 3 is 2.44 bits per heavy atom. The Morgan fingerprint density at radius 2 is 1.80 bits per heavy atom. The number of hydrogen-bond donors (Lipinski definition) is 1. The molecule has 2 aromatic carbocycles. The zero-order chi connectivity index (χ0) is 17.9. The minimum atomic E-state index is -4.52. The number of hydrogen-bond acceptors (Lipinski definition) is 2. The van der Waals surface area contributed by atoms with Gasteiger partial charge in [-0.05, 0) is 42.7 Å². The van der Waals surface area contributed by atoms with Gasteiger partial charge in [0.2, 0.25) is 0 Å². The highest BCUT2D eigenvalue weighted by atomic mass is 19.4. The van der Waals surface area contributed by atoms with Crippen molar-refractivity contribution in [2.75, 3.05) is 18.5 Å². The van der Waals surface area contributed by atoms with E-state index < -0.39 is 17.6 Å². The number of para-hydroxylation sites is 1. The van der Waals surface area contributed by atoms with E-state index in [1.807, 2.05) is 12.1 Å². The van der Waals surface area contributed by atoms with Gasteiger partial charge in [0.25, 0.3) is 5.91 Å². The molecule has 0 aliphatic carbocycles. The molecule has 3 rings (SSSR count). The SMILES string of the molecule is O=C(Nc1ccccc1C(F)(F)F)c1ccc([C@H]2CCCOC2)cc1. The normalized spacial score (nSPS) is 18.0. The Bertz CT molecular complexity index is 735. The van der Waals surface area contributed by atoms with Gasteiger partial charge in [-0.25, -0.2) is 0 Å². The first-order valence-electron chi connectivity index (χ1n) is 8.10. The summed E-state index contributed by atoms with van der Waals surface area (Å²) in [6.45, 7) is 1.43. The van der Waals surface area contributed by atoms with Crippen LogP contribution in [-0.2, 0) is 10.9 Å². The second kappa shape index (κ2) is 7.27. The van der Waals surface area contributed by atoms with E-state index in [0.717, 1.165) is 31.1 Å². The minimum Gasteiger partial charge on any atom is -0.381 e. The lowest BCUT2D eigenvalue weighted by Crippen LogP contribution is -2.17. The van der Waals surface area contributed by atoms with Crippen molar-refractivity contribution in [2.24, 2.45) is 0 Å². The molecule has 1 heterocycles. The van der Waals surface area contributed by atoms with E-state index >= 15 is 0 Å². The van der Waals surface area contributed by atoms with E-state index in [9.17, 15) is 18.0 Å². The van der Waals surface area contributed by atoms with Crippen molar-refractivity contribution in [1.29, 1.82) is 0 Å². The van der Waals surface area contributed by atoms with Gasteiger partial charge < -0.3 is 10.1 Å². The van der Waals surface area contributed by atoms with E-state index in [0.29, 0.717) is 18.1 Å². The zero-order valence-electron chi connectivity index (χ0n) is 13.5. The molecule has 0 radical (unpaired) electrons. The quantitative estimate of drug-likeness (QED) is 0.860. The number of alkyl halides is 3. The van der Waals surface area contributed by atoms with Crippen molar-refractivity contribution in [2.45, 2.75) is 24.9 Å². The molecule has 1 saturated heterocycles. The molecule has 132 valence electrons. The van der Waals surface area contributed by atoms with Gasteiger partial charge in [0.15, 0.2) is 0 Å². The Balaban J connectivity index is 1.74. The third-order valence-electron chi connectivity index (χ3n) is 4.29. The molecule has 1 fully saturated rings. The third kappa shape index (κ3) is 4.20. The maximum atomic E-state index is 13.0. The molecule has 0 aromatic heterocycles. The molecule has 1 aliphatic heterocycles. The molecule has 0 unspecified atom stereocenters. The third-order valence-corrected chi connectivity index (χ3v) is 4.29. The maximum Gasteiger partial charge on any atom is 0.418 e. The summed E-state index contributed by atoms with van der Waals surface area (Å²) in [6.07, 6.45) is -2.49. The van der Waals surface area contributed by atoms with Crippen LogP contribution in [0, 0.1) is 0 Å². The fourth-order valence-electron chi connectivity index (χ4n) is 2.94. The molecule has 0 spiro atoms. The van der Waals surface area contributed by atoms with E-state index in [1.165, 1.54) is 18.2 Å². The molecule has 3 nitrogen and oxygen atoms in total. The number of benzene rings is 2. The Labute approximate surface area is 143 Å². The van der Waals surface area contributed by atoms with Crippen LogP contribution in [-0.4, -0.2) is 19.1 Å². The molecule has 1 amide bonds. The summed E-state index contributed by atoms with van der Waals surface area (Å²) in [5.74, 6) is -0.264. The van der Waals surface area contributed by atoms with E-state index in [1.54, 1.807) is 12.1 Å². The smallest absolute Gasteiger partial charge is 0.381 e. The van der Waals surface area contributed by atoms with E-state index in [2.05, 4.69) is 5.32 Å². The second-order valence-electron chi connectivity index (χ2n) is 6.03. The van der Waals surface area contributed by atoms with Crippen molar-refractivity contribution >= 4 is 11.6 Å². The van der Waals surface area contributed by atoms with Gasteiger partial charge in [-0.15, -0.1) is 0 Å². The average Bonchev–Trinajstić information content (AvgIpc) is 2.62. The molecule has 6 heteroatoms. The summed E-state index contributed by atoms with van der Waals surface area (Å²) in [4.78, 5) is 12.3. The van der Waals surface area contributed by atoms with E-state index in [-0.39, 0.29) is 5.69 Å². The predicted molar refractivity (Wildman–Crippen MR) is 88.6 cm³/mol. The van der Waals surface area contributed by atoms with Crippen LogP contribution in [0.3, 0.4) is 0 Å². The Morgan fingerprint density at radius 1 is 1.08 bits per heavy atom. The van der Waals surface area contributed by atoms with Gasteiger partial charge >= 0.3 is 6.18 Å².